The molecule has 1 saturated heterocycles. The van der Waals surface area contributed by atoms with E-state index in [1.807, 2.05) is 66.3 Å². The molecule has 1 fully saturated rings. The number of nitriles is 1. The molecule has 1 aliphatic rings. The van der Waals surface area contributed by atoms with Gasteiger partial charge in [-0.3, -0.25) is 9.30 Å². The van der Waals surface area contributed by atoms with E-state index in [0.717, 1.165) is 71.2 Å². The van der Waals surface area contributed by atoms with Crippen molar-refractivity contribution < 1.29 is 4.74 Å². The smallest absolute Gasteiger partial charge is 0.140 e. The van der Waals surface area contributed by atoms with E-state index in [1.54, 1.807) is 12.5 Å². The Kier molecular flexibility index (Phi) is 8.63. The number of aromatic nitrogens is 4. The lowest BCUT2D eigenvalue weighted by atomic mass is 9.98. The molecule has 5 rings (SSSR count). The number of imidazole rings is 1. The van der Waals surface area contributed by atoms with Gasteiger partial charge in [0.1, 0.15) is 23.5 Å². The predicted octanol–water partition coefficient (Wildman–Crippen LogP) is 4.23. The Morgan fingerprint density at radius 3 is 2.73 bits per heavy atom. The second kappa shape index (κ2) is 12.9. The summed E-state index contributed by atoms with van der Waals surface area (Å²) in [5.41, 5.74) is 5.34. The Labute approximate surface area is 233 Å². The first-order valence-electron chi connectivity index (χ1n) is 13.4. The van der Waals surface area contributed by atoms with Crippen LogP contribution in [0.4, 0.5) is 5.82 Å². The van der Waals surface area contributed by atoms with Crippen LogP contribution in [0, 0.1) is 22.7 Å². The molecule has 0 amide bonds. The quantitative estimate of drug-likeness (QED) is 0.192. The number of likely N-dealkylation sites (tertiary alicyclic amines) is 1. The topological polar surface area (TPSA) is 127 Å². The van der Waals surface area contributed by atoms with Gasteiger partial charge in [0.15, 0.2) is 0 Å². The number of fused-ring (bicyclic) bond motifs is 1. The van der Waals surface area contributed by atoms with Crippen molar-refractivity contribution in [1.82, 2.24) is 29.6 Å². The number of hydrogen-bond donors (Lipinski definition) is 3. The summed E-state index contributed by atoms with van der Waals surface area (Å²) in [6.45, 7) is 3.69. The van der Waals surface area contributed by atoms with Crippen molar-refractivity contribution in [2.45, 2.75) is 19.4 Å². The third-order valence-corrected chi connectivity index (χ3v) is 7.12. The van der Waals surface area contributed by atoms with Gasteiger partial charge in [-0.05, 0) is 49.0 Å². The normalized spacial score (nSPS) is 14.6. The highest BCUT2D eigenvalue weighted by molar-refractivity contribution is 6.08. The second-order valence-corrected chi connectivity index (χ2v) is 9.79. The zero-order valence-electron chi connectivity index (χ0n) is 22.5. The molecule has 1 aromatic carbocycles. The molecule has 204 valence electrons. The summed E-state index contributed by atoms with van der Waals surface area (Å²) in [6.07, 6.45) is 10.6. The van der Waals surface area contributed by atoms with E-state index < -0.39 is 0 Å². The molecule has 3 aromatic heterocycles. The van der Waals surface area contributed by atoms with Gasteiger partial charge in [-0.15, -0.1) is 0 Å². The van der Waals surface area contributed by atoms with Gasteiger partial charge < -0.3 is 20.8 Å². The van der Waals surface area contributed by atoms with Gasteiger partial charge in [-0.25, -0.2) is 15.0 Å². The highest BCUT2D eigenvalue weighted by atomic mass is 16.5. The second-order valence-electron chi connectivity index (χ2n) is 9.79. The lowest BCUT2D eigenvalue weighted by molar-refractivity contribution is 0.151. The molecular weight excluding hydrogens is 502 g/mol. The molecule has 3 N–H and O–H groups in total. The summed E-state index contributed by atoms with van der Waals surface area (Å²) < 4.78 is 8.10. The standard InChI is InChI=1S/C30H33N9O/c1-33-18-25(16-32)24-4-2-22(3-5-24)17-34-29-15-27(36-21-37-29)28-19-35-30-14-26(8-12-39(28)30)40-20-23-6-10-38(11-7-23)13-9-31/h2-5,8,12,14-16,18-19,21,23,32-33H,6-7,10-11,13,17,20H2,1H3,(H,34,36,37)/b25-18+,32-16?. The fourth-order valence-corrected chi connectivity index (χ4v) is 4.83. The summed E-state index contributed by atoms with van der Waals surface area (Å²) in [5.74, 6) is 2.02. The Hall–Kier alpha value is -4.75. The number of anilines is 1. The van der Waals surface area contributed by atoms with E-state index in [0.29, 0.717) is 25.6 Å². The molecule has 0 radical (unpaired) electrons. The van der Waals surface area contributed by atoms with Crippen LogP contribution in [0.25, 0.3) is 22.6 Å². The minimum atomic E-state index is 0.501. The minimum Gasteiger partial charge on any atom is -0.493 e. The first kappa shape index (κ1) is 26.8. The first-order valence-corrected chi connectivity index (χ1v) is 13.4. The lowest BCUT2D eigenvalue weighted by Crippen LogP contribution is -2.35. The Bertz CT molecular complexity index is 1510. The van der Waals surface area contributed by atoms with Crippen LogP contribution < -0.4 is 15.4 Å². The molecule has 0 saturated carbocycles. The zero-order valence-corrected chi connectivity index (χ0v) is 22.5. The van der Waals surface area contributed by atoms with Crippen LogP contribution in [-0.4, -0.2) is 63.8 Å². The number of rotatable bonds is 11. The summed E-state index contributed by atoms with van der Waals surface area (Å²) in [5, 5.41) is 22.8. The zero-order chi connectivity index (χ0) is 27.7. The third kappa shape index (κ3) is 6.45. The molecule has 10 nitrogen and oxygen atoms in total. The number of piperidine rings is 1. The molecule has 4 heterocycles. The summed E-state index contributed by atoms with van der Waals surface area (Å²) in [7, 11) is 1.82. The van der Waals surface area contributed by atoms with E-state index in [2.05, 4.69) is 36.6 Å². The molecule has 10 heteroatoms. The van der Waals surface area contributed by atoms with Crippen molar-refractivity contribution in [2.24, 2.45) is 5.92 Å². The number of allylic oxidation sites excluding steroid dienone is 1. The van der Waals surface area contributed by atoms with E-state index in [9.17, 15) is 0 Å². The van der Waals surface area contributed by atoms with Crippen LogP contribution in [-0.2, 0) is 6.54 Å². The molecule has 1 aliphatic heterocycles. The van der Waals surface area contributed by atoms with Gasteiger partial charge in [0.05, 0.1) is 36.8 Å². The van der Waals surface area contributed by atoms with Crippen molar-refractivity contribution in [3.63, 3.8) is 0 Å². The van der Waals surface area contributed by atoms with Gasteiger partial charge in [-0.2, -0.15) is 5.26 Å². The predicted molar refractivity (Wildman–Crippen MR) is 156 cm³/mol. The fraction of sp³-hybridized carbons (Fsp3) is 0.300. The monoisotopic (exact) mass is 535 g/mol. The van der Waals surface area contributed by atoms with Gasteiger partial charge in [0, 0.05) is 49.9 Å². The van der Waals surface area contributed by atoms with Crippen LogP contribution in [0.1, 0.15) is 24.0 Å². The number of pyridine rings is 1. The highest BCUT2D eigenvalue weighted by Crippen LogP contribution is 2.25. The van der Waals surface area contributed by atoms with Crippen molar-refractivity contribution in [1.29, 1.82) is 10.7 Å². The van der Waals surface area contributed by atoms with E-state index in [-0.39, 0.29) is 0 Å². The van der Waals surface area contributed by atoms with Crippen LogP contribution in [0.3, 0.4) is 0 Å². The highest BCUT2D eigenvalue weighted by Gasteiger charge is 2.19. The molecule has 4 aromatic rings. The summed E-state index contributed by atoms with van der Waals surface area (Å²) >= 11 is 0. The van der Waals surface area contributed by atoms with Gasteiger partial charge in [0.2, 0.25) is 0 Å². The lowest BCUT2D eigenvalue weighted by Gasteiger charge is -2.30. The number of benzene rings is 1. The Morgan fingerprint density at radius 1 is 1.15 bits per heavy atom. The van der Waals surface area contributed by atoms with Crippen molar-refractivity contribution >= 4 is 23.3 Å². The van der Waals surface area contributed by atoms with E-state index in [4.69, 9.17) is 15.4 Å². The number of hydrogen-bond acceptors (Lipinski definition) is 9. The van der Waals surface area contributed by atoms with Crippen LogP contribution in [0.2, 0.25) is 0 Å². The maximum absolute atomic E-state index is 8.88. The maximum Gasteiger partial charge on any atom is 0.140 e. The molecule has 0 unspecified atom stereocenters. The molecule has 0 bridgehead atoms. The first-order chi connectivity index (χ1) is 19.7. The van der Waals surface area contributed by atoms with Crippen LogP contribution in [0.15, 0.2) is 67.4 Å². The fourth-order valence-electron chi connectivity index (χ4n) is 4.83. The molecule has 0 atom stereocenters. The third-order valence-electron chi connectivity index (χ3n) is 7.12. The van der Waals surface area contributed by atoms with Crippen LogP contribution in [0.5, 0.6) is 5.75 Å². The van der Waals surface area contributed by atoms with Gasteiger partial charge >= 0.3 is 0 Å². The van der Waals surface area contributed by atoms with E-state index >= 15 is 0 Å². The minimum absolute atomic E-state index is 0.501. The average Bonchev–Trinajstić information content (AvgIpc) is 3.42. The van der Waals surface area contributed by atoms with Crippen molar-refractivity contribution in [3.05, 3.63) is 78.5 Å². The van der Waals surface area contributed by atoms with Crippen LogP contribution >= 0.6 is 0 Å². The number of nitrogens with one attached hydrogen (secondary N) is 3. The molecular formula is C30H33N9O. The maximum atomic E-state index is 8.88. The van der Waals surface area contributed by atoms with Gasteiger partial charge in [0.25, 0.3) is 0 Å². The molecule has 40 heavy (non-hydrogen) atoms. The average molecular weight is 536 g/mol. The summed E-state index contributed by atoms with van der Waals surface area (Å²) in [4.78, 5) is 15.7. The number of nitrogens with zero attached hydrogens (tertiary/aromatic N) is 6. The molecule has 0 aliphatic carbocycles. The van der Waals surface area contributed by atoms with Crippen molar-refractivity contribution in [3.8, 4) is 23.2 Å². The number of ether oxygens (including phenoxy) is 1. The SMILES string of the molecule is CN/C=C(\C=N)c1ccc(CNc2cc(-c3cnc4cc(OCC5CCN(CC#N)CC5)ccn34)ncn2)cc1. The Morgan fingerprint density at radius 2 is 1.98 bits per heavy atom. The van der Waals surface area contributed by atoms with Gasteiger partial charge in [-0.1, -0.05) is 24.3 Å². The van der Waals surface area contributed by atoms with Crippen molar-refractivity contribution in [2.75, 3.05) is 38.6 Å². The Balaban J connectivity index is 1.20. The summed E-state index contributed by atoms with van der Waals surface area (Å²) in [6, 6.07) is 16.2. The largest absolute Gasteiger partial charge is 0.493 e. The van der Waals surface area contributed by atoms with E-state index in [1.165, 1.54) is 6.21 Å². The molecule has 0 spiro atoms.